The lowest BCUT2D eigenvalue weighted by Crippen LogP contribution is -2.29. The summed E-state index contributed by atoms with van der Waals surface area (Å²) in [4.78, 5) is 14.4. The second-order valence-electron chi connectivity index (χ2n) is 6.13. The fourth-order valence-corrected chi connectivity index (χ4v) is 3.21. The van der Waals surface area contributed by atoms with Crippen molar-refractivity contribution in [3.63, 3.8) is 0 Å². The van der Waals surface area contributed by atoms with E-state index in [4.69, 9.17) is 9.47 Å². The molecule has 1 aliphatic heterocycles. The van der Waals surface area contributed by atoms with Gasteiger partial charge >= 0.3 is 0 Å². The van der Waals surface area contributed by atoms with Crippen LogP contribution in [0.1, 0.15) is 30.1 Å². The fourth-order valence-electron chi connectivity index (χ4n) is 3.21. The van der Waals surface area contributed by atoms with Crippen molar-refractivity contribution >= 4 is 5.91 Å². The maximum atomic E-state index is 12.5. The third-order valence-electron chi connectivity index (χ3n) is 4.67. The second kappa shape index (κ2) is 7.50. The highest BCUT2D eigenvalue weighted by Gasteiger charge is 2.29. The smallest absolute Gasteiger partial charge is 0.224 e. The molecule has 0 spiro atoms. The van der Waals surface area contributed by atoms with E-state index in [1.165, 1.54) is 0 Å². The molecule has 2 heterocycles. The molecule has 1 amide bonds. The average Bonchev–Trinajstić information content (AvgIpc) is 3.28. The van der Waals surface area contributed by atoms with Crippen molar-refractivity contribution in [1.29, 1.82) is 0 Å². The monoisotopic (exact) mass is 345 g/mol. The number of hydrogen-bond acceptors (Lipinski definition) is 6. The van der Waals surface area contributed by atoms with Gasteiger partial charge in [0.05, 0.1) is 20.8 Å². The van der Waals surface area contributed by atoms with Crippen molar-refractivity contribution < 1.29 is 14.3 Å². The van der Waals surface area contributed by atoms with Gasteiger partial charge in [-0.2, -0.15) is 0 Å². The van der Waals surface area contributed by atoms with Gasteiger partial charge in [0.1, 0.15) is 17.3 Å². The van der Waals surface area contributed by atoms with Crippen LogP contribution in [0.15, 0.2) is 18.2 Å². The van der Waals surface area contributed by atoms with Gasteiger partial charge in [-0.1, -0.05) is 0 Å². The molecule has 1 aromatic heterocycles. The van der Waals surface area contributed by atoms with E-state index in [0.29, 0.717) is 25.3 Å². The molecule has 2 aromatic rings. The Morgan fingerprint density at radius 1 is 1.32 bits per heavy atom. The van der Waals surface area contributed by atoms with Crippen LogP contribution in [0.5, 0.6) is 11.5 Å². The highest BCUT2D eigenvalue weighted by atomic mass is 16.5. The molecule has 1 saturated heterocycles. The highest BCUT2D eigenvalue weighted by Crippen LogP contribution is 2.36. The lowest BCUT2D eigenvalue weighted by molar-refractivity contribution is -0.130. The average molecular weight is 345 g/mol. The van der Waals surface area contributed by atoms with E-state index in [-0.39, 0.29) is 11.8 Å². The number of hydrogen-bond donors (Lipinski definition) is 0. The van der Waals surface area contributed by atoms with Crippen LogP contribution in [0, 0.1) is 6.92 Å². The summed E-state index contributed by atoms with van der Waals surface area (Å²) in [5, 5.41) is 11.3. The number of likely N-dealkylation sites (tertiary alicyclic amines) is 1. The SMILES string of the molecule is COc1ccc(OC)c([C@@H]2CCN(C(=O)CCn3nnnc3C)C2)c1. The van der Waals surface area contributed by atoms with Gasteiger partial charge in [0.2, 0.25) is 5.91 Å². The van der Waals surface area contributed by atoms with Crippen molar-refractivity contribution in [1.82, 2.24) is 25.1 Å². The zero-order valence-corrected chi connectivity index (χ0v) is 14.8. The first kappa shape index (κ1) is 17.2. The topological polar surface area (TPSA) is 82.4 Å². The normalized spacial score (nSPS) is 16.9. The van der Waals surface area contributed by atoms with Crippen molar-refractivity contribution in [2.24, 2.45) is 0 Å². The van der Waals surface area contributed by atoms with E-state index in [0.717, 1.165) is 30.0 Å². The van der Waals surface area contributed by atoms with Gasteiger partial charge in [-0.25, -0.2) is 4.68 Å². The Morgan fingerprint density at radius 2 is 2.16 bits per heavy atom. The number of aryl methyl sites for hydroxylation is 2. The summed E-state index contributed by atoms with van der Waals surface area (Å²) in [5.41, 5.74) is 1.09. The van der Waals surface area contributed by atoms with Crippen molar-refractivity contribution in [2.45, 2.75) is 32.2 Å². The lowest BCUT2D eigenvalue weighted by Gasteiger charge is -2.18. The minimum atomic E-state index is 0.124. The van der Waals surface area contributed by atoms with Crippen molar-refractivity contribution in [2.75, 3.05) is 27.3 Å². The van der Waals surface area contributed by atoms with Gasteiger partial charge in [0.25, 0.3) is 0 Å². The number of methoxy groups -OCH3 is 2. The summed E-state index contributed by atoms with van der Waals surface area (Å²) in [6, 6.07) is 5.80. The summed E-state index contributed by atoms with van der Waals surface area (Å²) in [7, 11) is 3.31. The van der Waals surface area contributed by atoms with Crippen LogP contribution in [0.25, 0.3) is 0 Å². The summed E-state index contributed by atoms with van der Waals surface area (Å²) in [5.74, 6) is 2.73. The second-order valence-corrected chi connectivity index (χ2v) is 6.13. The summed E-state index contributed by atoms with van der Waals surface area (Å²) < 4.78 is 12.4. The molecule has 0 unspecified atom stereocenters. The predicted octanol–water partition coefficient (Wildman–Crippen LogP) is 1.40. The maximum Gasteiger partial charge on any atom is 0.224 e. The first-order valence-electron chi connectivity index (χ1n) is 8.35. The molecule has 8 nitrogen and oxygen atoms in total. The molecule has 0 saturated carbocycles. The third-order valence-corrected chi connectivity index (χ3v) is 4.67. The number of tetrazole rings is 1. The third kappa shape index (κ3) is 3.72. The first-order chi connectivity index (χ1) is 12.1. The van der Waals surface area contributed by atoms with E-state index in [2.05, 4.69) is 15.5 Å². The molecular formula is C17H23N5O3. The van der Waals surface area contributed by atoms with Crippen molar-refractivity contribution in [3.05, 3.63) is 29.6 Å². The number of carbonyl (C=O) groups is 1. The molecule has 1 aromatic carbocycles. The van der Waals surface area contributed by atoms with Crippen molar-refractivity contribution in [3.8, 4) is 11.5 Å². The maximum absolute atomic E-state index is 12.5. The zero-order valence-electron chi connectivity index (χ0n) is 14.8. The predicted molar refractivity (Wildman–Crippen MR) is 90.7 cm³/mol. The Balaban J connectivity index is 1.63. The molecule has 0 bridgehead atoms. The number of benzene rings is 1. The minimum absolute atomic E-state index is 0.124. The molecule has 25 heavy (non-hydrogen) atoms. The zero-order chi connectivity index (χ0) is 17.8. The van der Waals surface area contributed by atoms with Crippen LogP contribution in [-0.2, 0) is 11.3 Å². The van der Waals surface area contributed by atoms with Crippen LogP contribution in [0.4, 0.5) is 0 Å². The largest absolute Gasteiger partial charge is 0.497 e. The standard InChI is InChI=1S/C17H23N5O3/c1-12-18-19-20-22(12)9-7-17(23)21-8-6-13(11-21)15-10-14(24-2)4-5-16(15)25-3/h4-5,10,13H,6-9,11H2,1-3H3/t13-/m1/s1. The molecule has 1 aliphatic rings. The number of aromatic nitrogens is 4. The molecular weight excluding hydrogens is 322 g/mol. The van der Waals surface area contributed by atoms with E-state index in [9.17, 15) is 4.79 Å². The molecule has 1 atom stereocenters. The van der Waals surface area contributed by atoms with Gasteiger partial charge in [0, 0.05) is 31.0 Å². The van der Waals surface area contributed by atoms with E-state index >= 15 is 0 Å². The van der Waals surface area contributed by atoms with Gasteiger partial charge in [-0.05, 0) is 42.0 Å². The molecule has 1 fully saturated rings. The fraction of sp³-hybridized carbons (Fsp3) is 0.529. The summed E-state index contributed by atoms with van der Waals surface area (Å²) in [6.45, 7) is 3.77. The van der Waals surface area contributed by atoms with Gasteiger partial charge < -0.3 is 14.4 Å². The van der Waals surface area contributed by atoms with Crippen LogP contribution in [-0.4, -0.2) is 58.3 Å². The number of rotatable bonds is 6. The number of ether oxygens (including phenoxy) is 2. The Morgan fingerprint density at radius 3 is 2.84 bits per heavy atom. The minimum Gasteiger partial charge on any atom is -0.497 e. The molecule has 3 rings (SSSR count). The van der Waals surface area contributed by atoms with Gasteiger partial charge in [0.15, 0.2) is 0 Å². The lowest BCUT2D eigenvalue weighted by atomic mass is 9.97. The van der Waals surface area contributed by atoms with Crippen LogP contribution < -0.4 is 9.47 Å². The molecule has 0 radical (unpaired) electrons. The Bertz CT molecular complexity index is 746. The Kier molecular flexibility index (Phi) is 5.16. The quantitative estimate of drug-likeness (QED) is 0.787. The van der Waals surface area contributed by atoms with Crippen LogP contribution >= 0.6 is 0 Å². The van der Waals surface area contributed by atoms with Crippen LogP contribution in [0.2, 0.25) is 0 Å². The van der Waals surface area contributed by atoms with Gasteiger partial charge in [-0.15, -0.1) is 5.10 Å². The Hall–Kier alpha value is -2.64. The molecule has 0 N–H and O–H groups in total. The van der Waals surface area contributed by atoms with Gasteiger partial charge in [-0.3, -0.25) is 4.79 Å². The number of carbonyl (C=O) groups excluding carboxylic acids is 1. The van der Waals surface area contributed by atoms with E-state index < -0.39 is 0 Å². The molecule has 134 valence electrons. The Labute approximate surface area is 146 Å². The molecule has 0 aliphatic carbocycles. The first-order valence-corrected chi connectivity index (χ1v) is 8.35. The highest BCUT2D eigenvalue weighted by molar-refractivity contribution is 5.76. The van der Waals surface area contributed by atoms with E-state index in [1.807, 2.05) is 30.0 Å². The molecule has 8 heteroatoms. The number of nitrogens with zero attached hydrogens (tertiary/aromatic N) is 5. The van der Waals surface area contributed by atoms with E-state index in [1.54, 1.807) is 18.9 Å². The van der Waals surface area contributed by atoms with Crippen LogP contribution in [0.3, 0.4) is 0 Å². The summed E-state index contributed by atoms with van der Waals surface area (Å²) >= 11 is 0. The number of amides is 1. The summed E-state index contributed by atoms with van der Waals surface area (Å²) in [6.07, 6.45) is 1.31.